The first kappa shape index (κ1) is 17.2. The van der Waals surface area contributed by atoms with Gasteiger partial charge in [-0.25, -0.2) is 4.98 Å². The summed E-state index contributed by atoms with van der Waals surface area (Å²) in [6, 6.07) is 3.52. The molecule has 1 amide bonds. The molecule has 1 N–H and O–H groups in total. The van der Waals surface area contributed by atoms with Gasteiger partial charge in [-0.1, -0.05) is 18.8 Å². The van der Waals surface area contributed by atoms with Crippen LogP contribution in [0.5, 0.6) is 0 Å². The summed E-state index contributed by atoms with van der Waals surface area (Å²) in [6.45, 7) is 4.89. The minimum atomic E-state index is -0.195. The van der Waals surface area contributed by atoms with Crippen LogP contribution in [-0.2, 0) is 4.74 Å². The van der Waals surface area contributed by atoms with Gasteiger partial charge in [0.2, 0.25) is 0 Å². The molecular formula is C16H22N2O3. The van der Waals surface area contributed by atoms with Crippen molar-refractivity contribution < 1.29 is 14.6 Å². The van der Waals surface area contributed by atoms with Crippen LogP contribution < -0.4 is 0 Å². The van der Waals surface area contributed by atoms with Crippen LogP contribution in [0.15, 0.2) is 18.3 Å². The smallest absolute Gasteiger partial charge is 0.272 e. The van der Waals surface area contributed by atoms with Crippen LogP contribution in [0.1, 0.15) is 36.3 Å². The van der Waals surface area contributed by atoms with Crippen molar-refractivity contribution in [3.8, 4) is 11.8 Å². The van der Waals surface area contributed by atoms with Crippen LogP contribution >= 0.6 is 0 Å². The van der Waals surface area contributed by atoms with Gasteiger partial charge in [0.05, 0.1) is 6.61 Å². The van der Waals surface area contributed by atoms with E-state index in [-0.39, 0.29) is 18.6 Å². The van der Waals surface area contributed by atoms with Gasteiger partial charge in [0, 0.05) is 31.5 Å². The normalized spacial score (nSPS) is 11.4. The molecule has 5 nitrogen and oxygen atoms in total. The van der Waals surface area contributed by atoms with Gasteiger partial charge in [-0.2, -0.15) is 0 Å². The highest BCUT2D eigenvalue weighted by Gasteiger charge is 2.21. The fourth-order valence-corrected chi connectivity index (χ4v) is 1.82. The Morgan fingerprint density at radius 3 is 2.81 bits per heavy atom. The fourth-order valence-electron chi connectivity index (χ4n) is 1.82. The van der Waals surface area contributed by atoms with Gasteiger partial charge in [-0.05, 0) is 25.5 Å². The Morgan fingerprint density at radius 1 is 1.52 bits per heavy atom. The highest BCUT2D eigenvalue weighted by molar-refractivity contribution is 5.92. The van der Waals surface area contributed by atoms with Gasteiger partial charge >= 0.3 is 0 Å². The SMILES string of the molecule is CCC(C)N(CCOC)C(=O)c1ccc(C#CCO)cn1. The molecule has 21 heavy (non-hydrogen) atoms. The molecule has 0 radical (unpaired) electrons. The third-order valence-corrected chi connectivity index (χ3v) is 3.21. The number of rotatable bonds is 6. The molecule has 1 aromatic heterocycles. The number of hydrogen-bond acceptors (Lipinski definition) is 4. The number of carbonyl (C=O) groups is 1. The third-order valence-electron chi connectivity index (χ3n) is 3.21. The molecular weight excluding hydrogens is 268 g/mol. The zero-order chi connectivity index (χ0) is 15.7. The van der Waals surface area contributed by atoms with Crippen molar-refractivity contribution in [3.63, 3.8) is 0 Å². The summed E-state index contributed by atoms with van der Waals surface area (Å²) in [5.74, 6) is 5.19. The Labute approximate surface area is 125 Å². The van der Waals surface area contributed by atoms with E-state index in [1.165, 1.54) is 0 Å². The van der Waals surface area contributed by atoms with E-state index in [1.807, 2.05) is 13.8 Å². The number of pyridine rings is 1. The molecule has 1 heterocycles. The van der Waals surface area contributed by atoms with Crippen molar-refractivity contribution in [2.45, 2.75) is 26.3 Å². The Kier molecular flexibility index (Phi) is 7.44. The van der Waals surface area contributed by atoms with Crippen molar-refractivity contribution in [2.75, 3.05) is 26.9 Å². The van der Waals surface area contributed by atoms with Crippen molar-refractivity contribution >= 4 is 5.91 Å². The van der Waals surface area contributed by atoms with Gasteiger partial charge in [0.15, 0.2) is 0 Å². The third kappa shape index (κ3) is 5.18. The second-order valence-electron chi connectivity index (χ2n) is 4.64. The van der Waals surface area contributed by atoms with Crippen LogP contribution in [0.2, 0.25) is 0 Å². The second kappa shape index (κ2) is 9.11. The van der Waals surface area contributed by atoms with E-state index < -0.39 is 0 Å². The van der Waals surface area contributed by atoms with Crippen LogP contribution in [0.4, 0.5) is 0 Å². The lowest BCUT2D eigenvalue weighted by Gasteiger charge is -2.28. The lowest BCUT2D eigenvalue weighted by atomic mass is 10.2. The predicted molar refractivity (Wildman–Crippen MR) is 80.9 cm³/mol. The Balaban J connectivity index is 2.87. The molecule has 0 aliphatic heterocycles. The van der Waals surface area contributed by atoms with E-state index in [4.69, 9.17) is 9.84 Å². The summed E-state index contributed by atoms with van der Waals surface area (Å²) in [6.07, 6.45) is 2.41. The Morgan fingerprint density at radius 2 is 2.29 bits per heavy atom. The van der Waals surface area contributed by atoms with Gasteiger partial charge in [-0.3, -0.25) is 4.79 Å². The van der Waals surface area contributed by atoms with E-state index in [9.17, 15) is 4.79 Å². The van der Waals surface area contributed by atoms with Gasteiger partial charge < -0.3 is 14.7 Å². The first-order chi connectivity index (χ1) is 10.1. The summed E-state index contributed by atoms with van der Waals surface area (Å²) >= 11 is 0. The number of aromatic nitrogens is 1. The molecule has 0 saturated heterocycles. The molecule has 0 spiro atoms. The van der Waals surface area contributed by atoms with E-state index >= 15 is 0 Å². The van der Waals surface area contributed by atoms with Crippen LogP contribution in [0.25, 0.3) is 0 Å². The number of aliphatic hydroxyl groups excluding tert-OH is 1. The second-order valence-corrected chi connectivity index (χ2v) is 4.64. The van der Waals surface area contributed by atoms with Gasteiger partial charge in [0.25, 0.3) is 5.91 Å². The molecule has 0 aliphatic rings. The molecule has 0 aromatic carbocycles. The van der Waals surface area contributed by atoms with E-state index in [0.717, 1.165) is 6.42 Å². The first-order valence-electron chi connectivity index (χ1n) is 6.99. The summed E-state index contributed by atoms with van der Waals surface area (Å²) in [4.78, 5) is 18.4. The summed E-state index contributed by atoms with van der Waals surface area (Å²) < 4.78 is 5.06. The topological polar surface area (TPSA) is 62.7 Å². The maximum Gasteiger partial charge on any atom is 0.272 e. The highest BCUT2D eigenvalue weighted by Crippen LogP contribution is 2.09. The van der Waals surface area contributed by atoms with Crippen LogP contribution in [0, 0.1) is 11.8 Å². The molecule has 114 valence electrons. The molecule has 1 aromatic rings. The molecule has 0 saturated carbocycles. The van der Waals surface area contributed by atoms with E-state index in [2.05, 4.69) is 16.8 Å². The number of hydrogen-bond donors (Lipinski definition) is 1. The number of amides is 1. The molecule has 0 bridgehead atoms. The largest absolute Gasteiger partial charge is 0.384 e. The van der Waals surface area contributed by atoms with Gasteiger partial charge in [-0.15, -0.1) is 0 Å². The number of carbonyl (C=O) groups excluding carboxylic acids is 1. The number of ether oxygens (including phenoxy) is 1. The highest BCUT2D eigenvalue weighted by atomic mass is 16.5. The molecule has 1 rings (SSSR count). The van der Waals surface area contributed by atoms with Crippen molar-refractivity contribution in [3.05, 3.63) is 29.6 Å². The average Bonchev–Trinajstić information content (AvgIpc) is 2.53. The maximum atomic E-state index is 12.5. The standard InChI is InChI=1S/C16H22N2O3/c1-4-13(2)18(9-11-21-3)16(20)15-8-7-14(12-17-15)6-5-10-19/h7-8,12-13,19H,4,9-11H2,1-3H3. The molecule has 0 fully saturated rings. The van der Waals surface area contributed by atoms with Crippen molar-refractivity contribution in [1.29, 1.82) is 0 Å². The molecule has 5 heteroatoms. The quantitative estimate of drug-likeness (QED) is 0.803. The molecule has 1 atom stereocenters. The first-order valence-corrected chi connectivity index (χ1v) is 6.99. The lowest BCUT2D eigenvalue weighted by Crippen LogP contribution is -2.40. The Hall–Kier alpha value is -1.90. The van der Waals surface area contributed by atoms with E-state index in [0.29, 0.717) is 24.4 Å². The Bertz CT molecular complexity index is 502. The zero-order valence-electron chi connectivity index (χ0n) is 12.8. The molecule has 0 aliphatic carbocycles. The minimum Gasteiger partial charge on any atom is -0.384 e. The zero-order valence-corrected chi connectivity index (χ0v) is 12.8. The average molecular weight is 290 g/mol. The molecule has 1 unspecified atom stereocenters. The number of methoxy groups -OCH3 is 1. The minimum absolute atomic E-state index is 0.108. The lowest BCUT2D eigenvalue weighted by molar-refractivity contribution is 0.0608. The summed E-state index contributed by atoms with van der Waals surface area (Å²) in [5, 5.41) is 8.65. The van der Waals surface area contributed by atoms with Crippen molar-refractivity contribution in [1.82, 2.24) is 9.88 Å². The van der Waals surface area contributed by atoms with Crippen molar-refractivity contribution in [2.24, 2.45) is 0 Å². The van der Waals surface area contributed by atoms with Crippen LogP contribution in [0.3, 0.4) is 0 Å². The van der Waals surface area contributed by atoms with E-state index in [1.54, 1.807) is 30.3 Å². The fraction of sp³-hybridized carbons (Fsp3) is 0.500. The monoisotopic (exact) mass is 290 g/mol. The number of nitrogens with zero attached hydrogens (tertiary/aromatic N) is 2. The van der Waals surface area contributed by atoms with Gasteiger partial charge in [0.1, 0.15) is 12.3 Å². The predicted octanol–water partition coefficient (Wildman–Crippen LogP) is 1.31. The van der Waals surface area contributed by atoms with Crippen LogP contribution in [-0.4, -0.2) is 53.8 Å². The number of aliphatic hydroxyl groups is 1. The maximum absolute atomic E-state index is 12.5. The summed E-state index contributed by atoms with van der Waals surface area (Å²) in [7, 11) is 1.62. The summed E-state index contributed by atoms with van der Waals surface area (Å²) in [5.41, 5.74) is 1.06.